The molecule has 0 fully saturated rings. The van der Waals surface area contributed by atoms with Crippen molar-refractivity contribution >= 4 is 28.9 Å². The molecule has 25 heavy (non-hydrogen) atoms. The zero-order valence-corrected chi connectivity index (χ0v) is 15.5. The molecule has 1 atom stereocenters. The van der Waals surface area contributed by atoms with E-state index in [1.165, 1.54) is 0 Å². The number of hydrogen-bond acceptors (Lipinski definition) is 5. The van der Waals surface area contributed by atoms with Crippen LogP contribution < -0.4 is 20.1 Å². The number of halogens is 1. The van der Waals surface area contributed by atoms with Crippen LogP contribution in [0, 0.1) is 0 Å². The highest BCUT2D eigenvalue weighted by Crippen LogP contribution is 2.37. The summed E-state index contributed by atoms with van der Waals surface area (Å²) in [6.45, 7) is 3.96. The van der Waals surface area contributed by atoms with Gasteiger partial charge in [0.25, 0.3) is 5.91 Å². The van der Waals surface area contributed by atoms with Gasteiger partial charge in [-0.2, -0.15) is 0 Å². The molecule has 1 amide bonds. The molecule has 1 unspecified atom stereocenters. The topological polar surface area (TPSA) is 72.5 Å². The lowest BCUT2D eigenvalue weighted by molar-refractivity contribution is 0.0934. The Labute approximate surface area is 152 Å². The van der Waals surface area contributed by atoms with Crippen LogP contribution in [0.4, 0.5) is 11.4 Å². The fraction of sp³-hybridized carbons (Fsp3) is 0.333. The number of ether oxygens (including phenoxy) is 2. The van der Waals surface area contributed by atoms with Gasteiger partial charge in [-0.15, -0.1) is 0 Å². The number of hydrogen-bond donors (Lipinski definition) is 2. The summed E-state index contributed by atoms with van der Waals surface area (Å²) in [5.74, 6) is 0.876. The van der Waals surface area contributed by atoms with E-state index >= 15 is 0 Å². The second-order valence-electron chi connectivity index (χ2n) is 5.52. The summed E-state index contributed by atoms with van der Waals surface area (Å²) in [4.78, 5) is 16.4. The largest absolute Gasteiger partial charge is 0.495 e. The summed E-state index contributed by atoms with van der Waals surface area (Å²) in [5.41, 5.74) is 1.71. The van der Waals surface area contributed by atoms with Crippen LogP contribution >= 0.6 is 11.6 Å². The van der Waals surface area contributed by atoms with Crippen molar-refractivity contribution < 1.29 is 14.3 Å². The number of amides is 1. The molecule has 0 saturated carbocycles. The maximum absolute atomic E-state index is 12.2. The first-order valence-electron chi connectivity index (χ1n) is 7.94. The maximum Gasteiger partial charge on any atom is 0.270 e. The minimum atomic E-state index is -0.210. The minimum absolute atomic E-state index is 0.0894. The maximum atomic E-state index is 12.2. The van der Waals surface area contributed by atoms with Crippen molar-refractivity contribution in [3.8, 4) is 11.5 Å². The van der Waals surface area contributed by atoms with Gasteiger partial charge in [0.15, 0.2) is 0 Å². The van der Waals surface area contributed by atoms with Crippen LogP contribution in [0.25, 0.3) is 0 Å². The van der Waals surface area contributed by atoms with Crippen LogP contribution in [0.5, 0.6) is 11.5 Å². The van der Waals surface area contributed by atoms with Crippen LogP contribution in [-0.2, 0) is 0 Å². The van der Waals surface area contributed by atoms with Crippen molar-refractivity contribution in [2.45, 2.75) is 26.3 Å². The highest BCUT2D eigenvalue weighted by molar-refractivity contribution is 6.32. The van der Waals surface area contributed by atoms with Crippen LogP contribution in [-0.4, -0.2) is 31.2 Å². The molecule has 2 N–H and O–H groups in total. The summed E-state index contributed by atoms with van der Waals surface area (Å²) in [6, 6.07) is 6.94. The number of rotatable bonds is 7. The van der Waals surface area contributed by atoms with E-state index in [2.05, 4.69) is 15.6 Å². The molecule has 0 radical (unpaired) electrons. The Kier molecular flexibility index (Phi) is 6.47. The third kappa shape index (κ3) is 4.76. The Morgan fingerprint density at radius 3 is 2.60 bits per heavy atom. The Balaban J connectivity index is 2.26. The SMILES string of the molecule is CCC(C)NC(=O)c1cc(Nc2cc(OC)c(Cl)cc2OC)ccn1. The van der Waals surface area contributed by atoms with E-state index in [1.807, 2.05) is 13.8 Å². The van der Waals surface area contributed by atoms with Gasteiger partial charge in [0.05, 0.1) is 24.9 Å². The lowest BCUT2D eigenvalue weighted by Crippen LogP contribution is -2.32. The van der Waals surface area contributed by atoms with E-state index in [-0.39, 0.29) is 11.9 Å². The van der Waals surface area contributed by atoms with Gasteiger partial charge in [-0.05, 0) is 25.5 Å². The van der Waals surface area contributed by atoms with Crippen molar-refractivity contribution in [2.24, 2.45) is 0 Å². The van der Waals surface area contributed by atoms with E-state index in [0.29, 0.717) is 33.6 Å². The number of anilines is 2. The molecule has 2 rings (SSSR count). The van der Waals surface area contributed by atoms with E-state index < -0.39 is 0 Å². The Morgan fingerprint density at radius 2 is 1.96 bits per heavy atom. The van der Waals surface area contributed by atoms with Crippen molar-refractivity contribution in [3.05, 3.63) is 41.2 Å². The highest BCUT2D eigenvalue weighted by Gasteiger charge is 2.13. The number of nitrogens with one attached hydrogen (secondary N) is 2. The molecule has 2 aromatic rings. The number of aromatic nitrogens is 1. The van der Waals surface area contributed by atoms with E-state index in [4.69, 9.17) is 21.1 Å². The fourth-order valence-electron chi connectivity index (χ4n) is 2.15. The normalized spacial score (nSPS) is 11.6. The molecule has 134 valence electrons. The molecular formula is C18H22ClN3O3. The molecule has 1 aromatic heterocycles. The van der Waals surface area contributed by atoms with Crippen molar-refractivity contribution in [1.29, 1.82) is 0 Å². The van der Waals surface area contributed by atoms with Crippen molar-refractivity contribution in [1.82, 2.24) is 10.3 Å². The van der Waals surface area contributed by atoms with Gasteiger partial charge in [-0.1, -0.05) is 18.5 Å². The number of nitrogens with zero attached hydrogens (tertiary/aromatic N) is 1. The van der Waals surface area contributed by atoms with Gasteiger partial charge in [-0.3, -0.25) is 9.78 Å². The summed E-state index contributed by atoms with van der Waals surface area (Å²) in [6.07, 6.45) is 2.43. The van der Waals surface area contributed by atoms with Crippen LogP contribution in [0.2, 0.25) is 5.02 Å². The average Bonchev–Trinajstić information content (AvgIpc) is 2.62. The fourth-order valence-corrected chi connectivity index (χ4v) is 2.38. The van der Waals surface area contributed by atoms with E-state index in [1.54, 1.807) is 44.7 Å². The first-order chi connectivity index (χ1) is 12.0. The third-order valence-electron chi connectivity index (χ3n) is 3.74. The van der Waals surface area contributed by atoms with Gasteiger partial charge in [-0.25, -0.2) is 0 Å². The van der Waals surface area contributed by atoms with Crippen LogP contribution in [0.15, 0.2) is 30.5 Å². The Bertz CT molecular complexity index is 752. The van der Waals surface area contributed by atoms with Gasteiger partial charge in [0, 0.05) is 30.1 Å². The second kappa shape index (κ2) is 8.58. The molecule has 0 aliphatic heterocycles. The van der Waals surface area contributed by atoms with Gasteiger partial charge in [0.2, 0.25) is 0 Å². The molecular weight excluding hydrogens is 342 g/mol. The van der Waals surface area contributed by atoms with Gasteiger partial charge in [0.1, 0.15) is 17.2 Å². The minimum Gasteiger partial charge on any atom is -0.495 e. The van der Waals surface area contributed by atoms with Crippen molar-refractivity contribution in [3.63, 3.8) is 0 Å². The summed E-state index contributed by atoms with van der Waals surface area (Å²) >= 11 is 6.12. The average molecular weight is 364 g/mol. The number of carbonyl (C=O) groups is 1. The lowest BCUT2D eigenvalue weighted by atomic mass is 10.2. The highest BCUT2D eigenvalue weighted by atomic mass is 35.5. The quantitative estimate of drug-likeness (QED) is 0.777. The monoisotopic (exact) mass is 363 g/mol. The Morgan fingerprint density at radius 1 is 1.24 bits per heavy atom. The molecule has 1 heterocycles. The Hall–Kier alpha value is -2.47. The standard InChI is InChI=1S/C18H22ClN3O3/c1-5-11(2)21-18(23)15-8-12(6-7-20-15)22-14-10-16(24-3)13(19)9-17(14)25-4/h6-11H,5H2,1-4H3,(H,20,22)(H,21,23). The first kappa shape index (κ1) is 18.9. The summed E-state index contributed by atoms with van der Waals surface area (Å²) in [5, 5.41) is 6.55. The van der Waals surface area contributed by atoms with Gasteiger partial charge < -0.3 is 20.1 Å². The molecule has 6 nitrogen and oxygen atoms in total. The summed E-state index contributed by atoms with van der Waals surface area (Å²) in [7, 11) is 3.10. The van der Waals surface area contributed by atoms with Crippen LogP contribution in [0.3, 0.4) is 0 Å². The second-order valence-corrected chi connectivity index (χ2v) is 5.93. The first-order valence-corrected chi connectivity index (χ1v) is 8.31. The smallest absolute Gasteiger partial charge is 0.270 e. The molecule has 1 aromatic carbocycles. The third-order valence-corrected chi connectivity index (χ3v) is 4.03. The molecule has 0 aliphatic carbocycles. The zero-order valence-electron chi connectivity index (χ0n) is 14.7. The molecule has 0 bridgehead atoms. The number of carbonyl (C=O) groups excluding carboxylic acids is 1. The predicted octanol–water partition coefficient (Wildman–Crippen LogP) is 4.02. The predicted molar refractivity (Wildman–Crippen MR) is 99.3 cm³/mol. The summed E-state index contributed by atoms with van der Waals surface area (Å²) < 4.78 is 10.6. The molecule has 0 aliphatic rings. The molecule has 0 spiro atoms. The van der Waals surface area contributed by atoms with E-state index in [9.17, 15) is 4.79 Å². The number of methoxy groups -OCH3 is 2. The molecule has 7 heteroatoms. The van der Waals surface area contributed by atoms with Crippen molar-refractivity contribution in [2.75, 3.05) is 19.5 Å². The molecule has 0 saturated heterocycles. The number of benzene rings is 1. The van der Waals surface area contributed by atoms with Crippen LogP contribution in [0.1, 0.15) is 30.8 Å². The van der Waals surface area contributed by atoms with E-state index in [0.717, 1.165) is 6.42 Å². The van der Waals surface area contributed by atoms with Gasteiger partial charge >= 0.3 is 0 Å². The zero-order chi connectivity index (χ0) is 18.4. The number of pyridine rings is 1. The lowest BCUT2D eigenvalue weighted by Gasteiger charge is -2.15.